The highest BCUT2D eigenvalue weighted by Crippen LogP contribution is 2.28. The van der Waals surface area contributed by atoms with Crippen LogP contribution in [-0.2, 0) is 12.8 Å². The number of carbonyl (C=O) groups excluding carboxylic acids is 1. The van der Waals surface area contributed by atoms with Gasteiger partial charge in [0.25, 0.3) is 5.91 Å². The van der Waals surface area contributed by atoms with E-state index in [9.17, 15) is 9.90 Å². The molecule has 0 bridgehead atoms. The number of fused-ring (bicyclic) bond motifs is 1. The lowest BCUT2D eigenvalue weighted by molar-refractivity contribution is 0.102. The van der Waals surface area contributed by atoms with Gasteiger partial charge in [0.2, 0.25) is 0 Å². The molecule has 154 valence electrons. The van der Waals surface area contributed by atoms with Crippen LogP contribution in [0.5, 0.6) is 5.75 Å². The summed E-state index contributed by atoms with van der Waals surface area (Å²) in [7, 11) is 0. The summed E-state index contributed by atoms with van der Waals surface area (Å²) in [5, 5.41) is 17.1. The van der Waals surface area contributed by atoms with E-state index in [1.165, 1.54) is 5.56 Å². The van der Waals surface area contributed by atoms with E-state index in [1.807, 2.05) is 41.9 Å². The second-order valence-corrected chi connectivity index (χ2v) is 7.67. The van der Waals surface area contributed by atoms with E-state index in [1.54, 1.807) is 30.6 Å². The van der Waals surface area contributed by atoms with Crippen LogP contribution < -0.4 is 5.32 Å². The van der Waals surface area contributed by atoms with Crippen LogP contribution in [0.3, 0.4) is 0 Å². The van der Waals surface area contributed by atoms with Gasteiger partial charge in [-0.05, 0) is 50.5 Å². The van der Waals surface area contributed by atoms with Crippen molar-refractivity contribution in [3.63, 3.8) is 0 Å². The molecule has 2 N–H and O–H groups in total. The first-order valence-electron chi connectivity index (χ1n) is 10.2. The second-order valence-electron chi connectivity index (χ2n) is 7.67. The molecule has 7 nitrogen and oxygen atoms in total. The van der Waals surface area contributed by atoms with Crippen molar-refractivity contribution in [2.24, 2.45) is 0 Å². The number of phenols is 1. The number of carbonyl (C=O) groups is 1. The van der Waals surface area contributed by atoms with Gasteiger partial charge in [0.1, 0.15) is 5.75 Å². The van der Waals surface area contributed by atoms with Gasteiger partial charge in [-0.1, -0.05) is 29.8 Å². The largest absolute Gasteiger partial charge is 0.508 e. The Morgan fingerprint density at radius 2 is 1.84 bits per heavy atom. The summed E-state index contributed by atoms with van der Waals surface area (Å²) in [5.74, 6) is 0.354. The van der Waals surface area contributed by atoms with Gasteiger partial charge in [0, 0.05) is 16.8 Å². The van der Waals surface area contributed by atoms with E-state index in [0.717, 1.165) is 36.2 Å². The average Bonchev–Trinajstić information content (AvgIpc) is 3.38. The molecule has 5 rings (SSSR count). The predicted octanol–water partition coefficient (Wildman–Crippen LogP) is 4.08. The van der Waals surface area contributed by atoms with Gasteiger partial charge >= 0.3 is 0 Å². The first-order chi connectivity index (χ1) is 15.1. The Bertz CT molecular complexity index is 1260. The standard InChI is InChI=1S/C24H21N5O2/c1-15-8-10-18(11-9-15)29-21-7-3-6-20(21)22(28-29)24(31)27-17-13-25-23(26-14-17)16-4-2-5-19(30)12-16/h2,4-5,8-14,30H,3,6-7H2,1H3,(H,27,31). The topological polar surface area (TPSA) is 92.9 Å². The molecule has 0 saturated carbocycles. The van der Waals surface area contributed by atoms with Crippen LogP contribution in [0.25, 0.3) is 17.1 Å². The third-order valence-electron chi connectivity index (χ3n) is 5.44. The number of aromatic nitrogens is 4. The molecule has 4 aromatic rings. The number of benzene rings is 2. The average molecular weight is 411 g/mol. The molecule has 0 saturated heterocycles. The molecule has 1 amide bonds. The predicted molar refractivity (Wildman–Crippen MR) is 117 cm³/mol. The summed E-state index contributed by atoms with van der Waals surface area (Å²) >= 11 is 0. The lowest BCUT2D eigenvalue weighted by Crippen LogP contribution is -2.15. The second kappa shape index (κ2) is 7.68. The summed E-state index contributed by atoms with van der Waals surface area (Å²) < 4.78 is 1.89. The van der Waals surface area contributed by atoms with Crippen molar-refractivity contribution in [1.82, 2.24) is 19.7 Å². The zero-order valence-corrected chi connectivity index (χ0v) is 17.0. The maximum atomic E-state index is 13.0. The zero-order valence-electron chi connectivity index (χ0n) is 17.0. The van der Waals surface area contributed by atoms with Gasteiger partial charge in [0.05, 0.1) is 23.8 Å². The van der Waals surface area contributed by atoms with E-state index < -0.39 is 0 Å². The van der Waals surface area contributed by atoms with Crippen molar-refractivity contribution < 1.29 is 9.90 Å². The number of hydrogen-bond acceptors (Lipinski definition) is 5. The minimum absolute atomic E-state index is 0.150. The van der Waals surface area contributed by atoms with Crippen molar-refractivity contribution in [2.45, 2.75) is 26.2 Å². The monoisotopic (exact) mass is 411 g/mol. The molecule has 0 atom stereocenters. The lowest BCUT2D eigenvalue weighted by Gasteiger charge is -2.06. The molecule has 1 aliphatic carbocycles. The molecule has 0 fully saturated rings. The maximum Gasteiger partial charge on any atom is 0.276 e. The fourth-order valence-electron chi connectivity index (χ4n) is 3.90. The molecule has 0 aliphatic heterocycles. The molecule has 7 heteroatoms. The molecule has 31 heavy (non-hydrogen) atoms. The molecular formula is C24H21N5O2. The van der Waals surface area contributed by atoms with Gasteiger partial charge in [-0.25, -0.2) is 14.6 Å². The Balaban J connectivity index is 1.40. The summed E-state index contributed by atoms with van der Waals surface area (Å²) in [5.41, 5.74) is 5.89. The van der Waals surface area contributed by atoms with Crippen molar-refractivity contribution in [3.05, 3.63) is 83.4 Å². The van der Waals surface area contributed by atoms with Gasteiger partial charge < -0.3 is 10.4 Å². The Morgan fingerprint density at radius 3 is 2.58 bits per heavy atom. The highest BCUT2D eigenvalue weighted by atomic mass is 16.3. The Labute approximate surface area is 179 Å². The number of phenolic OH excluding ortho intramolecular Hbond substituents is 1. The maximum absolute atomic E-state index is 13.0. The molecule has 2 heterocycles. The number of anilines is 1. The number of nitrogens with zero attached hydrogens (tertiary/aromatic N) is 4. The van der Waals surface area contributed by atoms with Crippen LogP contribution in [0, 0.1) is 6.92 Å². The Kier molecular flexibility index (Phi) is 4.71. The van der Waals surface area contributed by atoms with E-state index in [-0.39, 0.29) is 11.7 Å². The minimum Gasteiger partial charge on any atom is -0.508 e. The first kappa shape index (κ1) is 19.0. The molecule has 2 aromatic heterocycles. The number of rotatable bonds is 4. The molecule has 1 aliphatic rings. The van der Waals surface area contributed by atoms with Gasteiger partial charge in [-0.15, -0.1) is 0 Å². The van der Waals surface area contributed by atoms with Crippen molar-refractivity contribution in [2.75, 3.05) is 5.32 Å². The van der Waals surface area contributed by atoms with Crippen LogP contribution in [-0.4, -0.2) is 30.8 Å². The summed E-state index contributed by atoms with van der Waals surface area (Å²) in [6.45, 7) is 2.05. The molecule has 0 unspecified atom stereocenters. The fourth-order valence-corrected chi connectivity index (χ4v) is 3.90. The Hall–Kier alpha value is -4.00. The number of aryl methyl sites for hydroxylation is 1. The van der Waals surface area contributed by atoms with Crippen LogP contribution in [0.2, 0.25) is 0 Å². The zero-order chi connectivity index (χ0) is 21.4. The van der Waals surface area contributed by atoms with Gasteiger partial charge in [-0.2, -0.15) is 5.10 Å². The van der Waals surface area contributed by atoms with Crippen LogP contribution >= 0.6 is 0 Å². The van der Waals surface area contributed by atoms with Crippen LogP contribution in [0.15, 0.2) is 60.9 Å². The molecule has 0 spiro atoms. The first-order valence-corrected chi connectivity index (χ1v) is 10.2. The third-order valence-corrected chi connectivity index (χ3v) is 5.44. The number of nitrogens with one attached hydrogen (secondary N) is 1. The number of hydrogen-bond donors (Lipinski definition) is 2. The van der Waals surface area contributed by atoms with Crippen molar-refractivity contribution in [3.8, 4) is 22.8 Å². The van der Waals surface area contributed by atoms with Crippen LogP contribution in [0.4, 0.5) is 5.69 Å². The summed E-state index contributed by atoms with van der Waals surface area (Å²) in [6.07, 6.45) is 5.88. The van der Waals surface area contributed by atoms with E-state index in [0.29, 0.717) is 22.8 Å². The van der Waals surface area contributed by atoms with E-state index >= 15 is 0 Å². The lowest BCUT2D eigenvalue weighted by atomic mass is 10.2. The van der Waals surface area contributed by atoms with Crippen molar-refractivity contribution in [1.29, 1.82) is 0 Å². The highest BCUT2D eigenvalue weighted by molar-refractivity contribution is 6.04. The fraction of sp³-hybridized carbons (Fsp3) is 0.167. The van der Waals surface area contributed by atoms with E-state index in [2.05, 4.69) is 20.4 Å². The number of aromatic hydroxyl groups is 1. The normalized spacial score (nSPS) is 12.5. The molecule has 2 aromatic carbocycles. The quantitative estimate of drug-likeness (QED) is 0.528. The van der Waals surface area contributed by atoms with Gasteiger partial charge in [0.15, 0.2) is 11.5 Å². The van der Waals surface area contributed by atoms with Crippen molar-refractivity contribution >= 4 is 11.6 Å². The summed E-state index contributed by atoms with van der Waals surface area (Å²) in [4.78, 5) is 21.6. The molecule has 0 radical (unpaired) electrons. The van der Waals surface area contributed by atoms with Gasteiger partial charge in [-0.3, -0.25) is 4.79 Å². The number of amides is 1. The summed E-state index contributed by atoms with van der Waals surface area (Å²) in [6, 6.07) is 14.9. The van der Waals surface area contributed by atoms with E-state index in [4.69, 9.17) is 0 Å². The van der Waals surface area contributed by atoms with Crippen LogP contribution in [0.1, 0.15) is 33.7 Å². The highest BCUT2D eigenvalue weighted by Gasteiger charge is 2.27. The Morgan fingerprint density at radius 1 is 1.06 bits per heavy atom. The molecular weight excluding hydrogens is 390 g/mol. The third kappa shape index (κ3) is 3.66. The smallest absolute Gasteiger partial charge is 0.276 e. The SMILES string of the molecule is Cc1ccc(-n2nc(C(=O)Nc3cnc(-c4cccc(O)c4)nc3)c3c2CCC3)cc1. The minimum atomic E-state index is -0.266.